The van der Waals surface area contributed by atoms with Crippen molar-refractivity contribution in [3.63, 3.8) is 0 Å². The number of oxazole rings is 3. The molecule has 0 unspecified atom stereocenters. The van der Waals surface area contributed by atoms with Gasteiger partial charge in [0.05, 0.1) is 12.4 Å². The average molecular weight is 1130 g/mol. The predicted molar refractivity (Wildman–Crippen MR) is 244 cm³/mol. The van der Waals surface area contributed by atoms with Gasteiger partial charge in [-0.2, -0.15) is 0 Å². The number of benzene rings is 7. The summed E-state index contributed by atoms with van der Waals surface area (Å²) < 4.78 is 17.9. The van der Waals surface area contributed by atoms with Crippen LogP contribution in [0.15, 0.2) is 214 Å². The fourth-order valence-corrected chi connectivity index (χ4v) is 6.34. The van der Waals surface area contributed by atoms with Crippen molar-refractivity contribution in [2.45, 2.75) is 0 Å². The average Bonchev–Trinajstić information content (AvgIpc) is 4.06. The van der Waals surface area contributed by atoms with Crippen molar-refractivity contribution in [3.05, 3.63) is 230 Å². The summed E-state index contributed by atoms with van der Waals surface area (Å²) in [6.07, 6.45) is 3.50. The number of rotatable bonds is 7. The fraction of sp³-hybridized carbons (Fsp3) is 0. The van der Waals surface area contributed by atoms with Crippen molar-refractivity contribution in [1.82, 2.24) is 15.0 Å². The van der Waals surface area contributed by atoms with E-state index in [4.69, 9.17) is 13.3 Å². The third-order valence-electron chi connectivity index (χ3n) is 9.24. The molecular weight excluding hydrogens is 1080 g/mol. The standard InChI is InChI=1S/C25H17NO.C24H16N2O2.4CH3.4Y/c1-3-7-18(8-4-1)20-11-13-21(14-12-20)25-26-23-16-15-22(17-24(23)27-25)19-9-5-2-6-10-19;1-3-7-17(8-4-1)21-15-25-23(27-21)19-11-13-20(14-12-19)24-26-16-22(28-24)18-9-5-2-6-10-18;;;;;;;;/h1-17H;1-16H;4*1H3;;;;/q;;4*-1;;;;. The smallest absolute Gasteiger partial charge is 0.227 e. The second-order valence-electron chi connectivity index (χ2n) is 12.9. The maximum Gasteiger partial charge on any atom is 0.227 e. The Morgan fingerprint density at radius 1 is 0.286 bits per heavy atom. The summed E-state index contributed by atoms with van der Waals surface area (Å²) in [6.45, 7) is 0. The maximum absolute atomic E-state index is 6.05. The zero-order valence-corrected chi connectivity index (χ0v) is 47.3. The van der Waals surface area contributed by atoms with Crippen LogP contribution in [0.2, 0.25) is 0 Å². The Morgan fingerprint density at radius 3 is 1.02 bits per heavy atom. The van der Waals surface area contributed by atoms with Gasteiger partial charge in [0, 0.05) is 159 Å². The first-order valence-electron chi connectivity index (χ1n) is 18.0. The van der Waals surface area contributed by atoms with Crippen molar-refractivity contribution in [2.24, 2.45) is 0 Å². The number of aromatic nitrogens is 3. The van der Waals surface area contributed by atoms with Crippen molar-refractivity contribution < 1.29 is 144 Å². The van der Waals surface area contributed by atoms with Gasteiger partial charge in [0.1, 0.15) is 5.52 Å². The Labute approximate surface area is 473 Å². The van der Waals surface area contributed by atoms with Crippen LogP contribution < -0.4 is 0 Å². The van der Waals surface area contributed by atoms with Crippen LogP contribution in [-0.4, -0.2) is 15.0 Å². The first-order chi connectivity index (χ1) is 27.2. The van der Waals surface area contributed by atoms with Gasteiger partial charge >= 0.3 is 0 Å². The Morgan fingerprint density at radius 2 is 0.603 bits per heavy atom. The van der Waals surface area contributed by atoms with Crippen molar-refractivity contribution in [3.8, 4) is 79.3 Å². The summed E-state index contributed by atoms with van der Waals surface area (Å²) in [6, 6.07) is 62.9. The largest absolute Gasteiger partial charge is 0.436 e. The van der Waals surface area contributed by atoms with Gasteiger partial charge < -0.3 is 43.0 Å². The van der Waals surface area contributed by atoms with Gasteiger partial charge in [0.2, 0.25) is 17.7 Å². The van der Waals surface area contributed by atoms with Crippen LogP contribution in [0.3, 0.4) is 0 Å². The molecule has 0 spiro atoms. The van der Waals surface area contributed by atoms with E-state index in [1.807, 2.05) is 127 Å². The number of nitrogens with zero attached hydrogens (tertiary/aromatic N) is 3. The molecule has 6 nitrogen and oxygen atoms in total. The van der Waals surface area contributed by atoms with Crippen LogP contribution in [0, 0.1) is 29.7 Å². The molecule has 63 heavy (non-hydrogen) atoms. The van der Waals surface area contributed by atoms with E-state index in [0.717, 1.165) is 56.0 Å². The Balaban J connectivity index is 0.000000559. The normalized spacial score (nSPS) is 9.52. The monoisotopic (exact) mass is 1130 g/mol. The molecule has 0 aliphatic heterocycles. The zero-order valence-electron chi connectivity index (χ0n) is 35.9. The molecule has 0 saturated carbocycles. The fourth-order valence-electron chi connectivity index (χ4n) is 6.34. The molecule has 0 N–H and O–H groups in total. The molecule has 10 rings (SSSR count). The second kappa shape index (κ2) is 28.0. The van der Waals surface area contributed by atoms with Crippen molar-refractivity contribution in [2.75, 3.05) is 0 Å². The SMILES string of the molecule is [CH3-].[CH3-].[CH3-].[CH3-].[Y].[Y].[Y].[Y].c1ccc(-c2ccc(-c3nc4ccc(-c5ccccc5)cc4o3)cc2)cc1.c1ccc(-c2cnc(-c3ccc(-c4ncc(-c5ccccc5)o4)cc3)o2)cc1. The Hall–Kier alpha value is -3.15. The van der Waals surface area contributed by atoms with E-state index >= 15 is 0 Å². The summed E-state index contributed by atoms with van der Waals surface area (Å²) in [7, 11) is 0. The molecule has 0 saturated heterocycles. The molecule has 0 aliphatic carbocycles. The summed E-state index contributed by atoms with van der Waals surface area (Å²) in [5.74, 6) is 3.32. The van der Waals surface area contributed by atoms with Crippen molar-refractivity contribution >= 4 is 11.1 Å². The molecule has 0 aliphatic rings. The van der Waals surface area contributed by atoms with E-state index in [1.165, 1.54) is 16.7 Å². The number of hydrogen-bond donors (Lipinski definition) is 0. The van der Waals surface area contributed by atoms with Crippen molar-refractivity contribution in [1.29, 1.82) is 0 Å². The maximum atomic E-state index is 6.05. The first kappa shape index (κ1) is 57.9. The molecular formula is C53H45N3O3Y4-4. The third kappa shape index (κ3) is 14.2. The summed E-state index contributed by atoms with van der Waals surface area (Å²) >= 11 is 0. The minimum absolute atomic E-state index is 0. The summed E-state index contributed by atoms with van der Waals surface area (Å²) in [4.78, 5) is 13.5. The van der Waals surface area contributed by atoms with Crippen LogP contribution in [-0.2, 0) is 131 Å². The molecule has 7 aromatic carbocycles. The topological polar surface area (TPSA) is 78.1 Å². The van der Waals surface area contributed by atoms with E-state index in [1.54, 1.807) is 12.4 Å². The van der Waals surface area contributed by atoms with Crippen LogP contribution in [0.25, 0.3) is 90.4 Å². The molecule has 0 bridgehead atoms. The molecule has 4 radical (unpaired) electrons. The van der Waals surface area contributed by atoms with E-state index in [-0.39, 0.29) is 161 Å². The molecule has 306 valence electrons. The molecule has 3 heterocycles. The molecule has 0 fully saturated rings. The van der Waals surface area contributed by atoms with Gasteiger partial charge in [-0.25, -0.2) is 15.0 Å². The molecule has 0 amide bonds. The predicted octanol–water partition coefficient (Wildman–Crippen LogP) is 15.0. The third-order valence-corrected chi connectivity index (χ3v) is 9.24. The Kier molecular flexibility index (Phi) is 25.7. The minimum atomic E-state index is 0. The van der Waals surface area contributed by atoms with Crippen LogP contribution in [0.1, 0.15) is 0 Å². The van der Waals surface area contributed by atoms with E-state index in [0.29, 0.717) is 17.7 Å². The van der Waals surface area contributed by atoms with E-state index in [2.05, 4.69) is 75.6 Å². The van der Waals surface area contributed by atoms with Gasteiger partial charge in [-0.05, 0) is 70.8 Å². The van der Waals surface area contributed by atoms with Gasteiger partial charge in [-0.1, -0.05) is 140 Å². The quantitative estimate of drug-likeness (QED) is 0.148. The first-order valence-corrected chi connectivity index (χ1v) is 18.0. The second-order valence-corrected chi connectivity index (χ2v) is 12.9. The number of hydrogen-bond acceptors (Lipinski definition) is 6. The Bertz CT molecular complexity index is 2700. The van der Waals surface area contributed by atoms with Gasteiger partial charge in [0.25, 0.3) is 0 Å². The van der Waals surface area contributed by atoms with Crippen LogP contribution in [0.4, 0.5) is 0 Å². The molecule has 10 aromatic rings. The molecule has 0 atom stereocenters. The zero-order chi connectivity index (χ0) is 36.8. The molecule has 10 heteroatoms. The van der Waals surface area contributed by atoms with Gasteiger partial charge in [0.15, 0.2) is 17.1 Å². The van der Waals surface area contributed by atoms with Crippen LogP contribution >= 0.6 is 0 Å². The summed E-state index contributed by atoms with van der Waals surface area (Å²) in [5.41, 5.74) is 11.2. The molecule has 3 aromatic heterocycles. The summed E-state index contributed by atoms with van der Waals surface area (Å²) in [5, 5.41) is 0. The van der Waals surface area contributed by atoms with Gasteiger partial charge in [-0.3, -0.25) is 0 Å². The van der Waals surface area contributed by atoms with E-state index < -0.39 is 0 Å². The van der Waals surface area contributed by atoms with E-state index in [9.17, 15) is 0 Å². The van der Waals surface area contributed by atoms with Crippen LogP contribution in [0.5, 0.6) is 0 Å². The minimum Gasteiger partial charge on any atom is -0.436 e. The number of fused-ring (bicyclic) bond motifs is 1. The van der Waals surface area contributed by atoms with Gasteiger partial charge in [-0.15, -0.1) is 0 Å².